The zero-order valence-corrected chi connectivity index (χ0v) is 20.5. The third kappa shape index (κ3) is 3.72. The monoisotopic (exact) mass is 460 g/mol. The van der Waals surface area contributed by atoms with Crippen LogP contribution in [0.1, 0.15) is 73.6 Å². The summed E-state index contributed by atoms with van der Waals surface area (Å²) in [6, 6.07) is 0. The Morgan fingerprint density at radius 3 is 2.61 bits per heavy atom. The molecular formula is C26H36O7. The van der Waals surface area contributed by atoms with Crippen molar-refractivity contribution in [1.82, 2.24) is 0 Å². The molecule has 0 aromatic carbocycles. The van der Waals surface area contributed by atoms with Crippen LogP contribution in [-0.4, -0.2) is 42.0 Å². The Labute approximate surface area is 195 Å². The maximum atomic E-state index is 12.9. The molecule has 0 aromatic heterocycles. The molecule has 7 nitrogen and oxygen atoms in total. The number of carbonyl (C=O) groups is 3. The first-order chi connectivity index (χ1) is 15.5. The van der Waals surface area contributed by atoms with Crippen molar-refractivity contribution in [2.24, 2.45) is 23.2 Å². The van der Waals surface area contributed by atoms with Gasteiger partial charge in [-0.3, -0.25) is 14.4 Å². The molecule has 182 valence electrons. The highest BCUT2D eigenvalue weighted by Crippen LogP contribution is 2.65. The lowest BCUT2D eigenvalue weighted by atomic mass is 9.55. The second-order valence-corrected chi connectivity index (χ2v) is 10.4. The van der Waals surface area contributed by atoms with Crippen LogP contribution < -0.4 is 0 Å². The average Bonchev–Trinajstić information content (AvgIpc) is 3.14. The van der Waals surface area contributed by atoms with Crippen molar-refractivity contribution >= 4 is 17.9 Å². The van der Waals surface area contributed by atoms with Crippen molar-refractivity contribution in [2.45, 2.75) is 97.7 Å². The molecule has 0 radical (unpaired) electrons. The summed E-state index contributed by atoms with van der Waals surface area (Å²) in [5.74, 6) is -3.19. The highest BCUT2D eigenvalue weighted by molar-refractivity contribution is 5.80. The molecule has 2 bridgehead atoms. The van der Waals surface area contributed by atoms with Crippen molar-refractivity contribution in [3.63, 3.8) is 0 Å². The summed E-state index contributed by atoms with van der Waals surface area (Å²) < 4.78 is 24.6. The van der Waals surface area contributed by atoms with Gasteiger partial charge in [0.25, 0.3) is 0 Å². The quantitative estimate of drug-likeness (QED) is 0.458. The first-order valence-electron chi connectivity index (χ1n) is 12.2. The molecule has 3 aliphatic heterocycles. The number of esters is 3. The van der Waals surface area contributed by atoms with Gasteiger partial charge >= 0.3 is 17.9 Å². The van der Waals surface area contributed by atoms with Crippen molar-refractivity contribution < 1.29 is 33.3 Å². The van der Waals surface area contributed by atoms with E-state index < -0.39 is 29.3 Å². The molecule has 33 heavy (non-hydrogen) atoms. The van der Waals surface area contributed by atoms with E-state index in [1.54, 1.807) is 0 Å². The summed E-state index contributed by atoms with van der Waals surface area (Å²) in [6.07, 6.45) is 5.69. The number of hydrogen-bond donors (Lipinski definition) is 0. The fourth-order valence-electron chi connectivity index (χ4n) is 6.57. The molecule has 1 unspecified atom stereocenters. The van der Waals surface area contributed by atoms with Gasteiger partial charge < -0.3 is 18.9 Å². The molecule has 0 N–H and O–H groups in total. The molecule has 4 rings (SSSR count). The Kier molecular flexibility index (Phi) is 6.23. The number of hydrogen-bond acceptors (Lipinski definition) is 7. The van der Waals surface area contributed by atoms with Gasteiger partial charge in [0, 0.05) is 42.6 Å². The zero-order valence-electron chi connectivity index (χ0n) is 20.5. The van der Waals surface area contributed by atoms with E-state index in [4.69, 9.17) is 18.9 Å². The van der Waals surface area contributed by atoms with Gasteiger partial charge in [-0.05, 0) is 33.1 Å². The van der Waals surface area contributed by atoms with Crippen LogP contribution in [-0.2, 0) is 33.3 Å². The highest BCUT2D eigenvalue weighted by Gasteiger charge is 2.74. The van der Waals surface area contributed by atoms with E-state index >= 15 is 0 Å². The SMILES string of the molecule is CCCC(=O)O[C@H]1C[C@@H](OC(C)=O)[C@@H](C)C2[C@]34OC(=O)[C@@H](C)/C3=C/C=C(/C)CC[C@@H](O4)[C@]21C. The average molecular weight is 461 g/mol. The Bertz CT molecular complexity index is 904. The van der Waals surface area contributed by atoms with Gasteiger partial charge in [0.05, 0.1) is 12.0 Å². The number of ether oxygens (including phenoxy) is 4. The van der Waals surface area contributed by atoms with E-state index in [0.29, 0.717) is 19.3 Å². The summed E-state index contributed by atoms with van der Waals surface area (Å²) >= 11 is 0. The largest absolute Gasteiger partial charge is 0.462 e. The van der Waals surface area contributed by atoms with Crippen molar-refractivity contribution in [3.8, 4) is 0 Å². The van der Waals surface area contributed by atoms with Crippen molar-refractivity contribution in [3.05, 3.63) is 23.3 Å². The highest BCUT2D eigenvalue weighted by atomic mass is 16.7. The maximum Gasteiger partial charge on any atom is 0.315 e. The molecule has 8 atom stereocenters. The predicted octanol–water partition coefficient (Wildman–Crippen LogP) is 4.25. The number of rotatable bonds is 4. The topological polar surface area (TPSA) is 88.1 Å². The van der Waals surface area contributed by atoms with Crippen LogP contribution >= 0.6 is 0 Å². The van der Waals surface area contributed by atoms with Crippen LogP contribution in [0.5, 0.6) is 0 Å². The number of carbonyl (C=O) groups excluding carboxylic acids is 3. The number of allylic oxidation sites excluding steroid dienone is 3. The van der Waals surface area contributed by atoms with Gasteiger partial charge in [-0.15, -0.1) is 0 Å². The minimum Gasteiger partial charge on any atom is -0.462 e. The van der Waals surface area contributed by atoms with Gasteiger partial charge in [-0.2, -0.15) is 0 Å². The molecule has 3 fully saturated rings. The number of fused-ring (bicyclic) bond motifs is 3. The summed E-state index contributed by atoms with van der Waals surface area (Å²) in [5, 5.41) is 0. The van der Waals surface area contributed by atoms with E-state index in [0.717, 1.165) is 18.4 Å². The predicted molar refractivity (Wildman–Crippen MR) is 120 cm³/mol. The maximum absolute atomic E-state index is 12.9. The van der Waals surface area contributed by atoms with E-state index in [1.807, 2.05) is 32.9 Å². The van der Waals surface area contributed by atoms with Crippen molar-refractivity contribution in [1.29, 1.82) is 0 Å². The Hall–Kier alpha value is -2.15. The zero-order chi connectivity index (χ0) is 24.1. The second-order valence-electron chi connectivity index (χ2n) is 10.4. The van der Waals surface area contributed by atoms with Crippen LogP contribution in [0.25, 0.3) is 0 Å². The van der Waals surface area contributed by atoms with Crippen LogP contribution in [0.2, 0.25) is 0 Å². The standard InChI is InChI=1S/C26H36O7/c1-7-8-22(28)31-21-13-19(30-17(5)27)16(4)23-25(21,6)20-12-10-14(2)9-11-18-15(3)24(29)33-26(18,23)32-20/h9,11,15-16,19-21,23H,7-8,10,12-13H2,1-6H3/b14-9-,18-11-/t15-,16+,19+,20+,21-,23?,25-,26+/m0/s1. The van der Waals surface area contributed by atoms with E-state index in [2.05, 4.69) is 13.8 Å². The Morgan fingerprint density at radius 2 is 1.94 bits per heavy atom. The molecule has 7 heteroatoms. The van der Waals surface area contributed by atoms with E-state index in [1.165, 1.54) is 12.5 Å². The minimum atomic E-state index is -1.26. The Morgan fingerprint density at radius 1 is 1.21 bits per heavy atom. The second kappa shape index (κ2) is 8.57. The summed E-state index contributed by atoms with van der Waals surface area (Å²) in [7, 11) is 0. The Balaban J connectivity index is 1.87. The molecular weight excluding hydrogens is 424 g/mol. The summed E-state index contributed by atoms with van der Waals surface area (Å²) in [4.78, 5) is 37.5. The lowest BCUT2D eigenvalue weighted by molar-refractivity contribution is -0.219. The van der Waals surface area contributed by atoms with Gasteiger partial charge in [0.15, 0.2) is 0 Å². The molecule has 0 amide bonds. The fourth-order valence-corrected chi connectivity index (χ4v) is 6.57. The first kappa shape index (κ1) is 24.0. The van der Waals surface area contributed by atoms with Crippen LogP contribution in [0, 0.1) is 23.2 Å². The van der Waals surface area contributed by atoms with Crippen LogP contribution in [0.15, 0.2) is 23.3 Å². The fraction of sp³-hybridized carbons (Fsp3) is 0.731. The first-order valence-corrected chi connectivity index (χ1v) is 12.2. The molecule has 0 aromatic rings. The van der Waals surface area contributed by atoms with Gasteiger partial charge in [0.1, 0.15) is 12.2 Å². The molecule has 3 heterocycles. The lowest BCUT2D eigenvalue weighted by Crippen LogP contribution is -2.59. The normalized spacial score (nSPS) is 45.1. The lowest BCUT2D eigenvalue weighted by Gasteiger charge is -2.51. The van der Waals surface area contributed by atoms with Gasteiger partial charge in [0.2, 0.25) is 5.79 Å². The smallest absolute Gasteiger partial charge is 0.315 e. The van der Waals surface area contributed by atoms with Gasteiger partial charge in [-0.1, -0.05) is 38.5 Å². The summed E-state index contributed by atoms with van der Waals surface area (Å²) in [5.41, 5.74) is 1.38. The molecule has 2 saturated heterocycles. The van der Waals surface area contributed by atoms with Crippen LogP contribution in [0.4, 0.5) is 0 Å². The minimum absolute atomic E-state index is 0.170. The van der Waals surface area contributed by atoms with E-state index in [-0.39, 0.29) is 35.8 Å². The van der Waals surface area contributed by atoms with E-state index in [9.17, 15) is 14.4 Å². The third-order valence-corrected chi connectivity index (χ3v) is 8.21. The molecule has 4 aliphatic rings. The van der Waals surface area contributed by atoms with Gasteiger partial charge in [-0.25, -0.2) is 0 Å². The summed E-state index contributed by atoms with van der Waals surface area (Å²) in [6.45, 7) is 11.4. The van der Waals surface area contributed by atoms with Crippen LogP contribution in [0.3, 0.4) is 0 Å². The molecule has 1 spiro atoms. The molecule has 1 saturated carbocycles. The van der Waals surface area contributed by atoms with Crippen molar-refractivity contribution in [2.75, 3.05) is 0 Å². The third-order valence-electron chi connectivity index (χ3n) is 8.21. The molecule has 1 aliphatic carbocycles.